The number of nitrogens with zero attached hydrogens (tertiary/aromatic N) is 2. The van der Waals surface area contributed by atoms with Crippen molar-refractivity contribution in [1.29, 1.82) is 0 Å². The lowest BCUT2D eigenvalue weighted by atomic mass is 10.00. The molecule has 1 aromatic heterocycles. The fourth-order valence-electron chi connectivity index (χ4n) is 4.16. The number of hydrogen-bond donors (Lipinski definition) is 0. The van der Waals surface area contributed by atoms with Crippen molar-refractivity contribution in [3.05, 3.63) is 51.2 Å². The molecule has 4 rings (SSSR count). The van der Waals surface area contributed by atoms with Gasteiger partial charge in [0, 0.05) is 36.6 Å². The van der Waals surface area contributed by atoms with Gasteiger partial charge in [0.2, 0.25) is 0 Å². The van der Waals surface area contributed by atoms with Crippen LogP contribution in [0, 0.1) is 0 Å². The molecule has 0 saturated carbocycles. The molecule has 2 heterocycles. The van der Waals surface area contributed by atoms with Gasteiger partial charge < -0.3 is 14.5 Å². The summed E-state index contributed by atoms with van der Waals surface area (Å²) < 4.78 is 5.22. The first-order valence-corrected chi connectivity index (χ1v) is 11.3. The molecule has 29 heavy (non-hydrogen) atoms. The maximum Gasteiger partial charge on any atom is 0.264 e. The van der Waals surface area contributed by atoms with Gasteiger partial charge in [-0.1, -0.05) is 18.9 Å². The first-order chi connectivity index (χ1) is 14.2. The molecule has 1 fully saturated rings. The van der Waals surface area contributed by atoms with E-state index in [0.29, 0.717) is 37.5 Å². The maximum absolute atomic E-state index is 13.0. The molecule has 2 aliphatic rings. The number of hydrogen-bond acceptors (Lipinski definition) is 4. The minimum Gasteiger partial charge on any atom is -0.497 e. The van der Waals surface area contributed by atoms with Gasteiger partial charge in [-0.25, -0.2) is 0 Å². The predicted octanol–water partition coefficient (Wildman–Crippen LogP) is 4.01. The summed E-state index contributed by atoms with van der Waals surface area (Å²) in [5.41, 5.74) is 2.01. The fraction of sp³-hybridized carbons (Fsp3) is 0.478. The minimum atomic E-state index is -0.00455. The molecule has 2 aromatic rings. The number of rotatable bonds is 3. The lowest BCUT2D eigenvalue weighted by molar-refractivity contribution is 0.0538. The molecule has 2 amide bonds. The van der Waals surface area contributed by atoms with Crippen molar-refractivity contribution < 1.29 is 14.3 Å². The highest BCUT2D eigenvalue weighted by atomic mass is 32.1. The van der Waals surface area contributed by atoms with Crippen molar-refractivity contribution in [2.75, 3.05) is 33.3 Å². The van der Waals surface area contributed by atoms with Gasteiger partial charge in [-0.15, -0.1) is 11.3 Å². The topological polar surface area (TPSA) is 49.9 Å². The average molecular weight is 413 g/mol. The normalized spacial score (nSPS) is 17.3. The summed E-state index contributed by atoms with van der Waals surface area (Å²) in [7, 11) is 1.60. The van der Waals surface area contributed by atoms with E-state index in [4.69, 9.17) is 4.74 Å². The predicted molar refractivity (Wildman–Crippen MR) is 115 cm³/mol. The van der Waals surface area contributed by atoms with E-state index in [-0.39, 0.29) is 11.8 Å². The fourth-order valence-corrected chi connectivity index (χ4v) is 5.38. The van der Waals surface area contributed by atoms with E-state index < -0.39 is 0 Å². The van der Waals surface area contributed by atoms with Crippen LogP contribution in [0.2, 0.25) is 0 Å². The van der Waals surface area contributed by atoms with Gasteiger partial charge in [-0.05, 0) is 55.5 Å². The second-order valence-corrected chi connectivity index (χ2v) is 8.93. The van der Waals surface area contributed by atoms with Gasteiger partial charge in [0.05, 0.1) is 12.0 Å². The molecule has 0 unspecified atom stereocenters. The number of methoxy groups -OCH3 is 1. The highest BCUT2D eigenvalue weighted by Gasteiger charge is 2.27. The van der Waals surface area contributed by atoms with Crippen LogP contribution < -0.4 is 4.74 Å². The molecule has 6 heteroatoms. The van der Waals surface area contributed by atoms with Gasteiger partial charge >= 0.3 is 0 Å². The second-order valence-electron chi connectivity index (χ2n) is 7.79. The Bertz CT molecular complexity index is 858. The first-order valence-electron chi connectivity index (χ1n) is 10.5. The zero-order valence-electron chi connectivity index (χ0n) is 17.0. The molecule has 0 radical (unpaired) electrons. The van der Waals surface area contributed by atoms with Crippen LogP contribution in [0.4, 0.5) is 0 Å². The summed E-state index contributed by atoms with van der Waals surface area (Å²) in [4.78, 5) is 31.8. The molecular formula is C23H28N2O3S. The summed E-state index contributed by atoms with van der Waals surface area (Å²) in [6.45, 7) is 2.29. The molecule has 0 spiro atoms. The number of piperazine rings is 1. The lowest BCUT2D eigenvalue weighted by Gasteiger charge is -2.34. The van der Waals surface area contributed by atoms with Crippen molar-refractivity contribution in [3.8, 4) is 5.75 Å². The van der Waals surface area contributed by atoms with E-state index in [1.165, 1.54) is 36.1 Å². The lowest BCUT2D eigenvalue weighted by Crippen LogP contribution is -2.50. The third-order valence-electron chi connectivity index (χ3n) is 5.88. The Hall–Kier alpha value is -2.34. The molecule has 1 aromatic carbocycles. The van der Waals surface area contributed by atoms with Crippen LogP contribution in [0.25, 0.3) is 0 Å². The number of fused-ring (bicyclic) bond motifs is 1. The van der Waals surface area contributed by atoms with Gasteiger partial charge in [0.25, 0.3) is 11.8 Å². The number of carbonyl (C=O) groups is 2. The van der Waals surface area contributed by atoms with E-state index in [1.54, 1.807) is 24.5 Å². The molecule has 1 aliphatic carbocycles. The molecule has 5 nitrogen and oxygen atoms in total. The summed E-state index contributed by atoms with van der Waals surface area (Å²) in [5, 5.41) is 0. The second kappa shape index (κ2) is 8.99. The maximum atomic E-state index is 13.0. The molecule has 0 N–H and O–H groups in total. The van der Waals surface area contributed by atoms with Gasteiger partial charge in [0.1, 0.15) is 5.75 Å². The van der Waals surface area contributed by atoms with Crippen LogP contribution >= 0.6 is 11.3 Å². The Labute approximate surface area is 176 Å². The molecule has 0 bridgehead atoms. The Morgan fingerprint density at radius 3 is 2.31 bits per heavy atom. The van der Waals surface area contributed by atoms with Gasteiger partial charge in [-0.3, -0.25) is 9.59 Å². The Balaban J connectivity index is 1.38. The van der Waals surface area contributed by atoms with Crippen LogP contribution in [0.15, 0.2) is 30.3 Å². The Kier molecular flexibility index (Phi) is 6.19. The average Bonchev–Trinajstić information content (AvgIpc) is 3.14. The third-order valence-corrected chi connectivity index (χ3v) is 7.10. The van der Waals surface area contributed by atoms with E-state index in [0.717, 1.165) is 17.7 Å². The third kappa shape index (κ3) is 4.47. The number of thiophene rings is 1. The number of ether oxygens (including phenoxy) is 1. The van der Waals surface area contributed by atoms with E-state index >= 15 is 0 Å². The van der Waals surface area contributed by atoms with E-state index in [1.807, 2.05) is 28.0 Å². The van der Waals surface area contributed by atoms with E-state index in [2.05, 4.69) is 6.07 Å². The monoisotopic (exact) mass is 412 g/mol. The number of carbonyl (C=O) groups excluding carboxylic acids is 2. The molecule has 154 valence electrons. The summed E-state index contributed by atoms with van der Waals surface area (Å²) in [5.74, 6) is 0.795. The summed E-state index contributed by atoms with van der Waals surface area (Å²) in [6.07, 6.45) is 7.25. The first kappa shape index (κ1) is 20.0. The Morgan fingerprint density at radius 1 is 0.897 bits per heavy atom. The quantitative estimate of drug-likeness (QED) is 0.765. The van der Waals surface area contributed by atoms with Crippen molar-refractivity contribution in [2.24, 2.45) is 0 Å². The molecule has 1 aliphatic heterocycles. The molecular weight excluding hydrogens is 384 g/mol. The number of amides is 2. The largest absolute Gasteiger partial charge is 0.497 e. The Morgan fingerprint density at radius 2 is 1.59 bits per heavy atom. The van der Waals surface area contributed by atoms with Crippen molar-refractivity contribution in [1.82, 2.24) is 9.80 Å². The summed E-state index contributed by atoms with van der Waals surface area (Å²) >= 11 is 1.68. The van der Waals surface area contributed by atoms with Crippen LogP contribution in [-0.4, -0.2) is 54.9 Å². The van der Waals surface area contributed by atoms with Crippen LogP contribution in [0.5, 0.6) is 5.75 Å². The molecule has 0 atom stereocenters. The van der Waals surface area contributed by atoms with E-state index in [9.17, 15) is 9.59 Å². The van der Waals surface area contributed by atoms with Gasteiger partial charge in [0.15, 0.2) is 0 Å². The van der Waals surface area contributed by atoms with Crippen LogP contribution in [0.3, 0.4) is 0 Å². The zero-order chi connectivity index (χ0) is 20.2. The van der Waals surface area contributed by atoms with Crippen LogP contribution in [0.1, 0.15) is 56.2 Å². The number of benzene rings is 1. The van der Waals surface area contributed by atoms with Crippen LogP contribution in [-0.2, 0) is 12.8 Å². The molecule has 1 saturated heterocycles. The number of aryl methyl sites for hydroxylation is 2. The van der Waals surface area contributed by atoms with Crippen molar-refractivity contribution in [3.63, 3.8) is 0 Å². The van der Waals surface area contributed by atoms with Crippen molar-refractivity contribution >= 4 is 23.2 Å². The highest BCUT2D eigenvalue weighted by Crippen LogP contribution is 2.29. The summed E-state index contributed by atoms with van der Waals surface area (Å²) in [6, 6.07) is 9.36. The minimum absolute atomic E-state index is 0.00455. The smallest absolute Gasteiger partial charge is 0.264 e. The SMILES string of the molecule is COc1cccc(C(=O)N2CCN(C(=O)c3cc4c(s3)CCCCCC4)CC2)c1. The standard InChI is InChI=1S/C23H28N2O3S/c1-28-19-9-6-8-18(15-19)22(26)24-11-13-25(14-12-24)23(27)21-16-17-7-4-2-3-5-10-20(17)29-21/h6,8-9,15-16H,2-5,7,10-14H2,1H3. The zero-order valence-corrected chi connectivity index (χ0v) is 17.8. The van der Waals surface area contributed by atoms with Gasteiger partial charge in [-0.2, -0.15) is 0 Å². The highest BCUT2D eigenvalue weighted by molar-refractivity contribution is 7.14. The van der Waals surface area contributed by atoms with Crippen molar-refractivity contribution in [2.45, 2.75) is 38.5 Å².